The predicted molar refractivity (Wildman–Crippen MR) is 122 cm³/mol. The number of hydrogen-bond acceptors (Lipinski definition) is 3. The Morgan fingerprint density at radius 3 is 1.80 bits per heavy atom. The molecule has 0 saturated heterocycles. The number of carbonyl (C=O) groups is 3. The van der Waals surface area contributed by atoms with Crippen molar-refractivity contribution in [2.45, 2.75) is 96.8 Å². The number of unbranched alkanes of at least 4 members (excludes halogenated alkanes) is 10. The molecule has 6 nitrogen and oxygen atoms in total. The predicted octanol–water partition coefficient (Wildman–Crippen LogP) is 5.40. The summed E-state index contributed by atoms with van der Waals surface area (Å²) in [5, 5.41) is 10.6. The van der Waals surface area contributed by atoms with Crippen molar-refractivity contribution >= 4 is 17.8 Å². The van der Waals surface area contributed by atoms with Crippen LogP contribution in [0.5, 0.6) is 0 Å². The minimum Gasteiger partial charge on any atom is -0.481 e. The third-order valence-electron chi connectivity index (χ3n) is 5.31. The maximum atomic E-state index is 11.8. The van der Waals surface area contributed by atoms with Crippen LogP contribution < -0.4 is 5.43 Å². The number of carbonyl (C=O) groups excluding carboxylic acids is 2. The van der Waals surface area contributed by atoms with Gasteiger partial charge in [0.05, 0.1) is 5.92 Å². The molecule has 0 spiro atoms. The first kappa shape index (κ1) is 27.9. The molecule has 1 atom stereocenters. The Labute approximate surface area is 182 Å². The number of amides is 2. The fourth-order valence-corrected chi connectivity index (χ4v) is 3.44. The van der Waals surface area contributed by atoms with E-state index in [1.165, 1.54) is 56.4 Å². The Balaban J connectivity index is 3.99. The second kappa shape index (κ2) is 18.9. The number of nitrogens with zero attached hydrogens (tertiary/aromatic N) is 1. The summed E-state index contributed by atoms with van der Waals surface area (Å²) in [4.78, 5) is 34.7. The first-order valence-electron chi connectivity index (χ1n) is 11.6. The van der Waals surface area contributed by atoms with Gasteiger partial charge in [-0.05, 0) is 31.4 Å². The van der Waals surface area contributed by atoms with Gasteiger partial charge in [-0.15, -0.1) is 0 Å². The largest absolute Gasteiger partial charge is 0.481 e. The van der Waals surface area contributed by atoms with E-state index in [2.05, 4.69) is 25.5 Å². The molecule has 0 fully saturated rings. The molecule has 0 aliphatic rings. The van der Waals surface area contributed by atoms with Crippen molar-refractivity contribution in [3.05, 3.63) is 25.3 Å². The van der Waals surface area contributed by atoms with Crippen LogP contribution in [-0.2, 0) is 14.4 Å². The molecule has 0 radical (unpaired) electrons. The van der Waals surface area contributed by atoms with Gasteiger partial charge in [0, 0.05) is 6.54 Å². The highest BCUT2D eigenvalue weighted by molar-refractivity contribution is 5.92. The summed E-state index contributed by atoms with van der Waals surface area (Å²) in [6, 6.07) is 0. The lowest BCUT2D eigenvalue weighted by molar-refractivity contribution is -0.142. The zero-order chi connectivity index (χ0) is 22.6. The number of carboxylic acid groups (broad SMARTS) is 1. The van der Waals surface area contributed by atoms with Gasteiger partial charge in [-0.25, -0.2) is 0 Å². The smallest absolute Gasteiger partial charge is 0.306 e. The molecule has 0 aromatic carbocycles. The molecule has 0 aromatic rings. The SMILES string of the molecule is C=CC(=O)NN(CCCCC(CCCCCCCCCCCC)C(=O)O)C(=O)C=C. The normalized spacial score (nSPS) is 11.5. The van der Waals surface area contributed by atoms with E-state index in [9.17, 15) is 19.5 Å². The molecule has 172 valence electrons. The van der Waals surface area contributed by atoms with Gasteiger partial charge >= 0.3 is 5.97 Å². The number of rotatable bonds is 19. The Kier molecular flexibility index (Phi) is 17.6. The van der Waals surface area contributed by atoms with Crippen molar-refractivity contribution in [3.63, 3.8) is 0 Å². The number of carboxylic acids is 1. The maximum absolute atomic E-state index is 11.8. The molecule has 6 heteroatoms. The Morgan fingerprint density at radius 2 is 1.33 bits per heavy atom. The van der Waals surface area contributed by atoms with Crippen LogP contribution in [0.3, 0.4) is 0 Å². The molecule has 2 N–H and O–H groups in total. The topological polar surface area (TPSA) is 86.7 Å². The Morgan fingerprint density at radius 1 is 0.833 bits per heavy atom. The van der Waals surface area contributed by atoms with E-state index in [0.29, 0.717) is 32.2 Å². The summed E-state index contributed by atoms with van der Waals surface area (Å²) in [6.45, 7) is 9.33. The third kappa shape index (κ3) is 14.8. The van der Waals surface area contributed by atoms with Gasteiger partial charge in [-0.2, -0.15) is 0 Å². The molecule has 30 heavy (non-hydrogen) atoms. The van der Waals surface area contributed by atoms with Crippen molar-refractivity contribution in [2.75, 3.05) is 6.54 Å². The molecule has 0 saturated carbocycles. The fourth-order valence-electron chi connectivity index (χ4n) is 3.44. The van der Waals surface area contributed by atoms with E-state index in [1.54, 1.807) is 0 Å². The van der Waals surface area contributed by atoms with Crippen LogP contribution in [0.1, 0.15) is 96.8 Å². The quantitative estimate of drug-likeness (QED) is 0.166. The molecule has 0 heterocycles. The highest BCUT2D eigenvalue weighted by atomic mass is 16.4. The molecule has 0 aromatic heterocycles. The molecular weight excluding hydrogens is 380 g/mol. The molecule has 0 bridgehead atoms. The van der Waals surface area contributed by atoms with Crippen molar-refractivity contribution in [2.24, 2.45) is 5.92 Å². The van der Waals surface area contributed by atoms with Gasteiger partial charge in [0.15, 0.2) is 0 Å². The maximum Gasteiger partial charge on any atom is 0.306 e. The summed E-state index contributed by atoms with van der Waals surface area (Å²) in [6.07, 6.45) is 17.2. The van der Waals surface area contributed by atoms with Crippen molar-refractivity contribution in [1.82, 2.24) is 10.4 Å². The van der Waals surface area contributed by atoms with Crippen LogP contribution in [0.4, 0.5) is 0 Å². The summed E-state index contributed by atoms with van der Waals surface area (Å²) >= 11 is 0. The van der Waals surface area contributed by atoms with Crippen LogP contribution in [0.15, 0.2) is 25.3 Å². The van der Waals surface area contributed by atoms with Crippen LogP contribution in [-0.4, -0.2) is 34.4 Å². The standard InChI is InChI=1S/C24H42N2O4/c1-4-7-8-9-10-11-12-13-14-15-18-21(24(29)30)19-16-17-20-26(23(28)6-3)25-22(27)5-2/h5-6,21H,2-4,7-20H2,1H3,(H,25,27)(H,29,30). The Bertz CT molecular complexity index is 519. The molecule has 0 aliphatic heterocycles. The van der Waals surface area contributed by atoms with E-state index < -0.39 is 17.8 Å². The van der Waals surface area contributed by atoms with E-state index in [4.69, 9.17) is 0 Å². The summed E-state index contributed by atoms with van der Waals surface area (Å²) in [5.41, 5.74) is 2.44. The van der Waals surface area contributed by atoms with E-state index >= 15 is 0 Å². The van der Waals surface area contributed by atoms with Crippen molar-refractivity contribution < 1.29 is 19.5 Å². The fraction of sp³-hybridized carbons (Fsp3) is 0.708. The summed E-state index contributed by atoms with van der Waals surface area (Å²) < 4.78 is 0. The number of nitrogens with one attached hydrogen (secondary N) is 1. The lowest BCUT2D eigenvalue weighted by Crippen LogP contribution is -2.45. The number of hydrazine groups is 1. The lowest BCUT2D eigenvalue weighted by atomic mass is 9.95. The van der Waals surface area contributed by atoms with Crippen LogP contribution in [0.2, 0.25) is 0 Å². The zero-order valence-electron chi connectivity index (χ0n) is 18.9. The van der Waals surface area contributed by atoms with Gasteiger partial charge in [0.1, 0.15) is 0 Å². The number of hydrogen-bond donors (Lipinski definition) is 2. The van der Waals surface area contributed by atoms with E-state index in [-0.39, 0.29) is 5.92 Å². The second-order valence-corrected chi connectivity index (χ2v) is 7.88. The first-order valence-corrected chi connectivity index (χ1v) is 11.6. The highest BCUT2D eigenvalue weighted by Crippen LogP contribution is 2.19. The van der Waals surface area contributed by atoms with Gasteiger partial charge in [0.2, 0.25) is 0 Å². The van der Waals surface area contributed by atoms with Crippen LogP contribution in [0, 0.1) is 5.92 Å². The Hall–Kier alpha value is -2.11. The van der Waals surface area contributed by atoms with Gasteiger partial charge in [0.25, 0.3) is 11.8 Å². The summed E-state index contributed by atoms with van der Waals surface area (Å²) in [5.74, 6) is -1.95. The van der Waals surface area contributed by atoms with Gasteiger partial charge in [-0.1, -0.05) is 90.7 Å². The minimum atomic E-state index is -0.745. The lowest BCUT2D eigenvalue weighted by Gasteiger charge is -2.21. The molecule has 0 rings (SSSR count). The van der Waals surface area contributed by atoms with Crippen LogP contribution in [0.25, 0.3) is 0 Å². The average Bonchev–Trinajstić information content (AvgIpc) is 2.74. The average molecular weight is 423 g/mol. The molecule has 2 amide bonds. The molecule has 1 unspecified atom stereocenters. The number of aliphatic carboxylic acids is 1. The highest BCUT2D eigenvalue weighted by Gasteiger charge is 2.17. The van der Waals surface area contributed by atoms with Gasteiger partial charge in [-0.3, -0.25) is 24.8 Å². The van der Waals surface area contributed by atoms with Crippen LogP contribution >= 0.6 is 0 Å². The third-order valence-corrected chi connectivity index (χ3v) is 5.31. The summed E-state index contributed by atoms with van der Waals surface area (Å²) in [7, 11) is 0. The first-order chi connectivity index (χ1) is 14.5. The van der Waals surface area contributed by atoms with Crippen molar-refractivity contribution in [1.29, 1.82) is 0 Å². The monoisotopic (exact) mass is 422 g/mol. The van der Waals surface area contributed by atoms with E-state index in [1.807, 2.05) is 0 Å². The zero-order valence-corrected chi connectivity index (χ0v) is 18.9. The minimum absolute atomic E-state index is 0.315. The molecular formula is C24H42N2O4. The van der Waals surface area contributed by atoms with E-state index in [0.717, 1.165) is 25.0 Å². The molecule has 0 aliphatic carbocycles. The second-order valence-electron chi connectivity index (χ2n) is 7.88. The van der Waals surface area contributed by atoms with Crippen molar-refractivity contribution in [3.8, 4) is 0 Å². The van der Waals surface area contributed by atoms with Gasteiger partial charge < -0.3 is 5.11 Å².